The van der Waals surface area contributed by atoms with E-state index < -0.39 is 0 Å². The first-order valence-electron chi connectivity index (χ1n) is 8.86. The fourth-order valence-corrected chi connectivity index (χ4v) is 3.13. The number of rotatable bonds is 6. The summed E-state index contributed by atoms with van der Waals surface area (Å²) in [5, 5.41) is 2.87. The second kappa shape index (κ2) is 8.12. The SMILES string of the molecule is CC(=O)c1ccc(C(=O)NC2CC(=O)N(CCc3ccc(F)cc3)C2)cc1. The number of amides is 2. The smallest absolute Gasteiger partial charge is 0.251 e. The molecule has 1 aliphatic heterocycles. The molecule has 5 nitrogen and oxygen atoms in total. The van der Waals surface area contributed by atoms with Gasteiger partial charge in [-0.2, -0.15) is 0 Å². The zero-order valence-electron chi connectivity index (χ0n) is 15.1. The van der Waals surface area contributed by atoms with Gasteiger partial charge < -0.3 is 10.2 Å². The molecule has 0 bridgehead atoms. The number of likely N-dealkylation sites (tertiary alicyclic amines) is 1. The number of nitrogens with zero attached hydrogens (tertiary/aromatic N) is 1. The van der Waals surface area contributed by atoms with Crippen LogP contribution in [0.4, 0.5) is 4.39 Å². The van der Waals surface area contributed by atoms with Gasteiger partial charge in [-0.3, -0.25) is 14.4 Å². The molecule has 1 N–H and O–H groups in total. The quantitative estimate of drug-likeness (QED) is 0.797. The van der Waals surface area contributed by atoms with Crippen LogP contribution in [0.3, 0.4) is 0 Å². The Labute approximate surface area is 157 Å². The molecule has 2 aromatic carbocycles. The van der Waals surface area contributed by atoms with Gasteiger partial charge in [-0.1, -0.05) is 24.3 Å². The molecule has 1 heterocycles. The molecule has 0 aromatic heterocycles. The highest BCUT2D eigenvalue weighted by Gasteiger charge is 2.30. The van der Waals surface area contributed by atoms with Gasteiger partial charge in [0, 0.05) is 30.6 Å². The van der Waals surface area contributed by atoms with Crippen LogP contribution in [0.1, 0.15) is 39.6 Å². The van der Waals surface area contributed by atoms with Crippen LogP contribution < -0.4 is 5.32 Å². The van der Waals surface area contributed by atoms with Gasteiger partial charge in [0.05, 0.1) is 6.04 Å². The first kappa shape index (κ1) is 18.8. The zero-order valence-corrected chi connectivity index (χ0v) is 15.1. The van der Waals surface area contributed by atoms with Crippen molar-refractivity contribution in [2.75, 3.05) is 13.1 Å². The van der Waals surface area contributed by atoms with Gasteiger partial charge in [0.25, 0.3) is 5.91 Å². The second-order valence-corrected chi connectivity index (χ2v) is 6.72. The molecule has 0 spiro atoms. The van der Waals surface area contributed by atoms with Gasteiger partial charge >= 0.3 is 0 Å². The third-order valence-corrected chi connectivity index (χ3v) is 4.69. The Balaban J connectivity index is 1.53. The Bertz CT molecular complexity index is 847. The van der Waals surface area contributed by atoms with E-state index in [2.05, 4.69) is 5.32 Å². The van der Waals surface area contributed by atoms with Gasteiger partial charge in [-0.15, -0.1) is 0 Å². The van der Waals surface area contributed by atoms with E-state index in [4.69, 9.17) is 0 Å². The molecule has 1 aliphatic rings. The van der Waals surface area contributed by atoms with Crippen molar-refractivity contribution < 1.29 is 18.8 Å². The average Bonchev–Trinajstić information content (AvgIpc) is 3.00. The highest BCUT2D eigenvalue weighted by Crippen LogP contribution is 2.14. The summed E-state index contributed by atoms with van der Waals surface area (Å²) in [7, 11) is 0. The van der Waals surface area contributed by atoms with E-state index in [1.807, 2.05) is 0 Å². The number of nitrogens with one attached hydrogen (secondary N) is 1. The van der Waals surface area contributed by atoms with Crippen LogP contribution in [0, 0.1) is 5.82 Å². The van der Waals surface area contributed by atoms with Gasteiger partial charge in [0.15, 0.2) is 5.78 Å². The molecule has 1 saturated heterocycles. The van der Waals surface area contributed by atoms with Crippen molar-refractivity contribution in [1.29, 1.82) is 0 Å². The van der Waals surface area contributed by atoms with Crippen molar-refractivity contribution in [3.63, 3.8) is 0 Å². The number of ketones is 1. The maximum atomic E-state index is 12.9. The first-order chi connectivity index (χ1) is 12.9. The van der Waals surface area contributed by atoms with Crippen LogP contribution in [0.15, 0.2) is 48.5 Å². The lowest BCUT2D eigenvalue weighted by atomic mass is 10.1. The first-order valence-corrected chi connectivity index (χ1v) is 8.86. The maximum absolute atomic E-state index is 12.9. The average molecular weight is 368 g/mol. The summed E-state index contributed by atoms with van der Waals surface area (Å²) in [5.74, 6) is -0.604. The number of carbonyl (C=O) groups excluding carboxylic acids is 3. The highest BCUT2D eigenvalue weighted by molar-refractivity contribution is 5.98. The van der Waals surface area contributed by atoms with Crippen molar-refractivity contribution in [2.24, 2.45) is 0 Å². The topological polar surface area (TPSA) is 66.5 Å². The Morgan fingerprint density at radius 3 is 2.33 bits per heavy atom. The highest BCUT2D eigenvalue weighted by atomic mass is 19.1. The summed E-state index contributed by atoms with van der Waals surface area (Å²) in [5.41, 5.74) is 1.97. The predicted molar refractivity (Wildman–Crippen MR) is 99.0 cm³/mol. The van der Waals surface area contributed by atoms with Crippen LogP contribution in [0.2, 0.25) is 0 Å². The van der Waals surface area contributed by atoms with Crippen LogP contribution in [-0.4, -0.2) is 41.6 Å². The minimum Gasteiger partial charge on any atom is -0.347 e. The molecule has 0 aliphatic carbocycles. The zero-order chi connectivity index (χ0) is 19.4. The van der Waals surface area contributed by atoms with Crippen LogP contribution in [-0.2, 0) is 11.2 Å². The van der Waals surface area contributed by atoms with Crippen LogP contribution in [0.5, 0.6) is 0 Å². The lowest BCUT2D eigenvalue weighted by molar-refractivity contribution is -0.127. The fraction of sp³-hybridized carbons (Fsp3) is 0.286. The lowest BCUT2D eigenvalue weighted by Gasteiger charge is -2.17. The van der Waals surface area contributed by atoms with Crippen molar-refractivity contribution >= 4 is 17.6 Å². The molecular formula is C21H21FN2O3. The monoisotopic (exact) mass is 368 g/mol. The molecule has 1 fully saturated rings. The van der Waals surface area contributed by atoms with E-state index in [9.17, 15) is 18.8 Å². The Morgan fingerprint density at radius 1 is 1.07 bits per heavy atom. The Hall–Kier alpha value is -3.02. The summed E-state index contributed by atoms with van der Waals surface area (Å²) in [6, 6.07) is 12.4. The molecule has 0 saturated carbocycles. The van der Waals surface area contributed by atoms with Gasteiger partial charge in [-0.25, -0.2) is 4.39 Å². The van der Waals surface area contributed by atoms with Crippen molar-refractivity contribution in [2.45, 2.75) is 25.8 Å². The molecule has 0 radical (unpaired) electrons. The summed E-state index contributed by atoms with van der Waals surface area (Å²) in [4.78, 5) is 37.5. The summed E-state index contributed by atoms with van der Waals surface area (Å²) >= 11 is 0. The molecule has 3 rings (SSSR count). The molecule has 27 heavy (non-hydrogen) atoms. The van der Waals surface area contributed by atoms with E-state index in [0.717, 1.165) is 5.56 Å². The van der Waals surface area contributed by atoms with Gasteiger partial charge in [0.2, 0.25) is 5.91 Å². The number of halogens is 1. The number of hydrogen-bond acceptors (Lipinski definition) is 3. The van der Waals surface area contributed by atoms with E-state index >= 15 is 0 Å². The van der Waals surface area contributed by atoms with Crippen LogP contribution >= 0.6 is 0 Å². The molecule has 2 aromatic rings. The minimum absolute atomic E-state index is 0.00524. The molecule has 6 heteroatoms. The third kappa shape index (κ3) is 4.78. The molecular weight excluding hydrogens is 347 g/mol. The van der Waals surface area contributed by atoms with Gasteiger partial charge in [-0.05, 0) is 43.2 Å². The molecule has 1 unspecified atom stereocenters. The minimum atomic E-state index is -0.282. The number of hydrogen-bond donors (Lipinski definition) is 1. The molecule has 2 amide bonds. The summed E-state index contributed by atoms with van der Waals surface area (Å²) in [6.07, 6.45) is 0.903. The largest absolute Gasteiger partial charge is 0.347 e. The number of Topliss-reactive ketones (excluding diaryl/α,β-unsaturated/α-hetero) is 1. The predicted octanol–water partition coefficient (Wildman–Crippen LogP) is 2.60. The third-order valence-electron chi connectivity index (χ3n) is 4.69. The van der Waals surface area contributed by atoms with Crippen LogP contribution in [0.25, 0.3) is 0 Å². The Morgan fingerprint density at radius 2 is 1.70 bits per heavy atom. The van der Waals surface area contributed by atoms with E-state index in [1.165, 1.54) is 19.1 Å². The summed E-state index contributed by atoms with van der Waals surface area (Å²) < 4.78 is 12.9. The number of carbonyl (C=O) groups is 3. The normalized spacial score (nSPS) is 16.4. The van der Waals surface area contributed by atoms with Crippen molar-refractivity contribution in [1.82, 2.24) is 10.2 Å². The standard InChI is InChI=1S/C21H21FN2O3/c1-14(25)16-4-6-17(7-5-16)21(27)23-19-12-20(26)24(13-19)11-10-15-2-8-18(22)9-3-15/h2-9,19H,10-13H2,1H3,(H,23,27). The van der Waals surface area contributed by atoms with E-state index in [0.29, 0.717) is 30.6 Å². The fourth-order valence-electron chi connectivity index (χ4n) is 3.13. The second-order valence-electron chi connectivity index (χ2n) is 6.72. The van der Waals surface area contributed by atoms with Crippen molar-refractivity contribution in [3.05, 3.63) is 71.0 Å². The van der Waals surface area contributed by atoms with E-state index in [1.54, 1.807) is 41.3 Å². The van der Waals surface area contributed by atoms with Gasteiger partial charge in [0.1, 0.15) is 5.82 Å². The Kier molecular flexibility index (Phi) is 5.64. The number of benzene rings is 2. The van der Waals surface area contributed by atoms with Crippen molar-refractivity contribution in [3.8, 4) is 0 Å². The lowest BCUT2D eigenvalue weighted by Crippen LogP contribution is -2.37. The summed E-state index contributed by atoms with van der Waals surface area (Å²) in [6.45, 7) is 2.46. The molecule has 1 atom stereocenters. The molecule has 140 valence electrons. The van der Waals surface area contributed by atoms with E-state index in [-0.39, 0.29) is 35.9 Å². The maximum Gasteiger partial charge on any atom is 0.251 e.